The van der Waals surface area contributed by atoms with Crippen LogP contribution in [0.5, 0.6) is 5.75 Å². The fraction of sp³-hybridized carbons (Fsp3) is 0.364. The quantitative estimate of drug-likeness (QED) is 0.230. The van der Waals surface area contributed by atoms with E-state index in [9.17, 15) is 19.5 Å². The van der Waals surface area contributed by atoms with E-state index in [1.807, 2.05) is 64.1 Å². The van der Waals surface area contributed by atoms with Crippen LogP contribution in [0.4, 0.5) is 5.69 Å². The molecule has 0 radical (unpaired) electrons. The zero-order chi connectivity index (χ0) is 32.0. The second-order valence-electron chi connectivity index (χ2n) is 11.2. The molecule has 3 aromatic rings. The highest BCUT2D eigenvalue weighted by Gasteiger charge is 2.49. The molecular weight excluding hydrogens is 600 g/mol. The number of hydrogen-bond donors (Lipinski definition) is 4. The van der Waals surface area contributed by atoms with Crippen molar-refractivity contribution in [3.63, 3.8) is 0 Å². The Labute approximate surface area is 267 Å². The van der Waals surface area contributed by atoms with Gasteiger partial charge in [0, 0.05) is 11.3 Å². The van der Waals surface area contributed by atoms with E-state index in [1.165, 1.54) is 22.7 Å². The molecule has 1 fully saturated rings. The lowest BCUT2D eigenvalue weighted by molar-refractivity contribution is -0.147. The Balaban J connectivity index is 1.57. The molecule has 4 rings (SSSR count). The molecule has 0 saturated carbocycles. The summed E-state index contributed by atoms with van der Waals surface area (Å²) in [5.41, 5.74) is 9.03. The van der Waals surface area contributed by atoms with Gasteiger partial charge in [-0.25, -0.2) is 0 Å². The molecule has 44 heavy (non-hydrogen) atoms. The Bertz CT molecular complexity index is 1500. The van der Waals surface area contributed by atoms with Gasteiger partial charge in [-0.2, -0.15) is 0 Å². The third kappa shape index (κ3) is 7.67. The van der Waals surface area contributed by atoms with E-state index in [1.54, 1.807) is 24.3 Å². The number of hydrogen-bond acceptors (Lipinski definition) is 7. The summed E-state index contributed by atoms with van der Waals surface area (Å²) in [6, 6.07) is 17.8. The minimum atomic E-state index is -1.66. The number of amides is 3. The van der Waals surface area contributed by atoms with Crippen LogP contribution in [0.1, 0.15) is 47.8 Å². The Morgan fingerprint density at radius 1 is 1.11 bits per heavy atom. The lowest BCUT2D eigenvalue weighted by Gasteiger charge is -2.33. The normalized spacial score (nSPS) is 17.0. The zero-order valence-corrected chi connectivity index (χ0v) is 26.9. The van der Waals surface area contributed by atoms with Gasteiger partial charge in [0.2, 0.25) is 5.91 Å². The van der Waals surface area contributed by atoms with Gasteiger partial charge in [0.05, 0.1) is 34.8 Å². The highest BCUT2D eigenvalue weighted by Crippen LogP contribution is 2.40. The largest absolute Gasteiger partial charge is 0.494 e. The topological polar surface area (TPSA) is 134 Å². The summed E-state index contributed by atoms with van der Waals surface area (Å²) in [6.07, 6.45) is -1.54. The summed E-state index contributed by atoms with van der Waals surface area (Å²) < 4.78 is 4.91. The minimum Gasteiger partial charge on any atom is -0.494 e. The fourth-order valence-corrected chi connectivity index (χ4v) is 6.55. The molecular formula is C33H39ClN4O5S. The Kier molecular flexibility index (Phi) is 10.8. The van der Waals surface area contributed by atoms with Crippen molar-refractivity contribution in [2.75, 3.05) is 18.2 Å². The maximum absolute atomic E-state index is 14.0. The molecule has 0 aliphatic carbocycles. The van der Waals surface area contributed by atoms with Crippen LogP contribution in [0, 0.1) is 6.92 Å². The van der Waals surface area contributed by atoms with Crippen molar-refractivity contribution in [3.8, 4) is 5.75 Å². The lowest BCUT2D eigenvalue weighted by Crippen LogP contribution is -2.58. The van der Waals surface area contributed by atoms with E-state index in [4.69, 9.17) is 22.1 Å². The predicted molar refractivity (Wildman–Crippen MR) is 175 cm³/mol. The first-order valence-electron chi connectivity index (χ1n) is 14.4. The van der Waals surface area contributed by atoms with E-state index < -0.39 is 34.7 Å². The van der Waals surface area contributed by atoms with Crippen LogP contribution in [0.2, 0.25) is 5.02 Å². The van der Waals surface area contributed by atoms with Crippen LogP contribution in [0.3, 0.4) is 0 Å². The van der Waals surface area contributed by atoms with E-state index in [2.05, 4.69) is 10.6 Å². The van der Waals surface area contributed by atoms with Gasteiger partial charge in [-0.05, 0) is 75.1 Å². The second-order valence-corrected chi connectivity index (χ2v) is 13.2. The number of anilines is 1. The van der Waals surface area contributed by atoms with Crippen molar-refractivity contribution < 1.29 is 24.2 Å². The van der Waals surface area contributed by atoms with Crippen LogP contribution in [0.15, 0.2) is 66.7 Å². The molecule has 1 heterocycles. The number of nitrogens with two attached hydrogens (primary N) is 1. The van der Waals surface area contributed by atoms with Gasteiger partial charge in [0.15, 0.2) is 6.10 Å². The summed E-state index contributed by atoms with van der Waals surface area (Å²) >= 11 is 7.76. The Morgan fingerprint density at radius 3 is 2.50 bits per heavy atom. The Morgan fingerprint density at radius 2 is 1.82 bits per heavy atom. The fourth-order valence-electron chi connectivity index (χ4n) is 5.20. The highest BCUT2D eigenvalue weighted by molar-refractivity contribution is 8.00. The molecule has 5 N–H and O–H groups in total. The molecule has 234 valence electrons. The molecule has 3 aromatic carbocycles. The third-order valence-electron chi connectivity index (χ3n) is 7.71. The number of carbonyl (C=O) groups excluding carboxylic acids is 3. The maximum Gasteiger partial charge on any atom is 0.254 e. The maximum atomic E-state index is 14.0. The van der Waals surface area contributed by atoms with Crippen LogP contribution >= 0.6 is 23.4 Å². The molecule has 0 aromatic heterocycles. The van der Waals surface area contributed by atoms with E-state index >= 15 is 0 Å². The average Bonchev–Trinajstić information content (AvgIpc) is 3.32. The van der Waals surface area contributed by atoms with Gasteiger partial charge in [-0.3, -0.25) is 14.4 Å². The molecule has 11 heteroatoms. The summed E-state index contributed by atoms with van der Waals surface area (Å²) in [4.78, 5) is 42.3. The van der Waals surface area contributed by atoms with Crippen molar-refractivity contribution in [2.45, 2.75) is 63.6 Å². The first kappa shape index (κ1) is 33.2. The molecule has 3 atom stereocenters. The number of carbonyl (C=O) groups is 3. The first-order chi connectivity index (χ1) is 20.9. The number of thioether (sulfide) groups is 1. The number of benzene rings is 3. The minimum absolute atomic E-state index is 0.0775. The molecule has 0 bridgehead atoms. The monoisotopic (exact) mass is 638 g/mol. The van der Waals surface area contributed by atoms with E-state index in [0.29, 0.717) is 18.9 Å². The van der Waals surface area contributed by atoms with Crippen molar-refractivity contribution in [1.82, 2.24) is 15.5 Å². The van der Waals surface area contributed by atoms with Gasteiger partial charge in [0.1, 0.15) is 11.8 Å². The van der Waals surface area contributed by atoms with Gasteiger partial charge in [0.25, 0.3) is 11.8 Å². The van der Waals surface area contributed by atoms with Gasteiger partial charge in [-0.1, -0.05) is 54.1 Å². The number of nitrogens with one attached hydrogen (secondary N) is 2. The summed E-state index contributed by atoms with van der Waals surface area (Å²) in [5, 5.41) is 17.4. The van der Waals surface area contributed by atoms with Crippen LogP contribution < -0.4 is 21.1 Å². The Hall–Kier alpha value is -3.73. The van der Waals surface area contributed by atoms with Gasteiger partial charge < -0.3 is 31.1 Å². The van der Waals surface area contributed by atoms with Crippen molar-refractivity contribution in [1.29, 1.82) is 0 Å². The predicted octanol–water partition coefficient (Wildman–Crippen LogP) is 4.33. The summed E-state index contributed by atoms with van der Waals surface area (Å²) in [7, 11) is 0. The number of nitrogen functional groups attached to an aromatic ring is 1. The standard InChI is InChI=1S/C33H39ClN4O5S/c1-5-43-23-15-13-21(14-16-23)17-26(37-30(40)24-11-8-12-25(35)27(24)34)28(39)32(42)38-19-44-33(3,4)29(38)31(41)36-18-22-10-7-6-9-20(22)2/h6-16,26,28-29,39H,5,17-19,35H2,1-4H3,(H,36,41)(H,37,40)/t26-,28-,29?/m0/s1. The number of nitrogens with zero attached hydrogens (tertiary/aromatic N) is 1. The van der Waals surface area contributed by atoms with E-state index in [0.717, 1.165) is 16.7 Å². The number of halogens is 1. The SMILES string of the molecule is CCOc1ccc(C[C@H](NC(=O)c2cccc(N)c2Cl)[C@H](O)C(=O)N2CSC(C)(C)C2C(=O)NCc2ccccc2C)cc1. The lowest BCUT2D eigenvalue weighted by atomic mass is 9.96. The van der Waals surface area contributed by atoms with Crippen molar-refractivity contribution in [3.05, 3.63) is 94.0 Å². The number of rotatable bonds is 11. The number of aliphatic hydroxyl groups is 1. The summed E-state index contributed by atoms with van der Waals surface area (Å²) in [6.45, 7) is 8.48. The number of aliphatic hydroxyl groups excluding tert-OH is 1. The number of ether oxygens (including phenoxy) is 1. The molecule has 0 spiro atoms. The molecule has 3 amide bonds. The summed E-state index contributed by atoms with van der Waals surface area (Å²) in [5.74, 6) is -0.683. The van der Waals surface area contributed by atoms with Crippen LogP contribution in [0.25, 0.3) is 0 Å². The van der Waals surface area contributed by atoms with E-state index in [-0.39, 0.29) is 34.5 Å². The molecule has 1 saturated heterocycles. The van der Waals surface area contributed by atoms with Crippen LogP contribution in [-0.2, 0) is 22.6 Å². The molecule has 1 aliphatic heterocycles. The van der Waals surface area contributed by atoms with Gasteiger partial charge in [-0.15, -0.1) is 11.8 Å². The highest BCUT2D eigenvalue weighted by atomic mass is 35.5. The second kappa shape index (κ2) is 14.4. The van der Waals surface area contributed by atoms with Crippen molar-refractivity contribution >= 4 is 46.8 Å². The third-order valence-corrected chi connectivity index (χ3v) is 9.50. The van der Waals surface area contributed by atoms with Crippen LogP contribution in [-0.4, -0.2) is 63.1 Å². The average molecular weight is 639 g/mol. The van der Waals surface area contributed by atoms with Gasteiger partial charge >= 0.3 is 0 Å². The first-order valence-corrected chi connectivity index (χ1v) is 15.8. The van der Waals surface area contributed by atoms with Crippen molar-refractivity contribution in [2.24, 2.45) is 0 Å². The number of aryl methyl sites for hydroxylation is 1. The molecule has 1 unspecified atom stereocenters. The molecule has 1 aliphatic rings. The smallest absolute Gasteiger partial charge is 0.254 e. The zero-order valence-electron chi connectivity index (χ0n) is 25.3. The molecule has 9 nitrogen and oxygen atoms in total.